The van der Waals surface area contributed by atoms with Crippen molar-refractivity contribution in [3.8, 4) is 56.0 Å². The molecule has 0 fully saturated rings. The van der Waals surface area contributed by atoms with Gasteiger partial charge in [-0.3, -0.25) is 0 Å². The number of fused-ring (bicyclic) bond motifs is 10. The van der Waals surface area contributed by atoms with Crippen molar-refractivity contribution in [1.29, 1.82) is 0 Å². The van der Waals surface area contributed by atoms with E-state index in [0.717, 1.165) is 49.5 Å². The molecule has 2 aliphatic carbocycles. The van der Waals surface area contributed by atoms with E-state index in [1.807, 2.05) is 6.08 Å². The first-order valence-corrected chi connectivity index (χ1v) is 34.1. The van der Waals surface area contributed by atoms with Gasteiger partial charge in [-0.05, 0) is 208 Å². The molecule has 0 radical (unpaired) electrons. The van der Waals surface area contributed by atoms with E-state index in [9.17, 15) is 0 Å². The van der Waals surface area contributed by atoms with Gasteiger partial charge < -0.3 is 9.47 Å². The molecule has 2 heteroatoms. The zero-order valence-electron chi connectivity index (χ0n) is 53.7. The second-order valence-corrected chi connectivity index (χ2v) is 24.8. The molecule has 2 nitrogen and oxygen atoms in total. The van der Waals surface area contributed by atoms with Crippen LogP contribution in [0.5, 0.6) is 11.5 Å². The third kappa shape index (κ3) is 14.7. The van der Waals surface area contributed by atoms with Gasteiger partial charge in [0, 0.05) is 11.8 Å². The Morgan fingerprint density at radius 2 is 0.789 bits per heavy atom. The molecule has 0 N–H and O–H groups in total. The van der Waals surface area contributed by atoms with Crippen LogP contribution in [-0.4, -0.2) is 13.2 Å². The molecule has 452 valence electrons. The predicted octanol–water partition coefficient (Wildman–Crippen LogP) is 24.7. The zero-order valence-corrected chi connectivity index (χ0v) is 53.7. The molecule has 9 aromatic carbocycles. The van der Waals surface area contributed by atoms with Crippen molar-refractivity contribution in [2.45, 2.75) is 167 Å². The number of hydrogen-bond acceptors (Lipinski definition) is 2. The Kier molecular flexibility index (Phi) is 22.3. The normalized spacial score (nSPS) is 13.1. The van der Waals surface area contributed by atoms with Crippen molar-refractivity contribution >= 4 is 27.6 Å². The van der Waals surface area contributed by atoms with Gasteiger partial charge in [0.25, 0.3) is 0 Å². The predicted molar refractivity (Wildman–Crippen MR) is 380 cm³/mol. The van der Waals surface area contributed by atoms with Gasteiger partial charge in [0.2, 0.25) is 0 Å². The summed E-state index contributed by atoms with van der Waals surface area (Å²) in [6, 6.07) is 65.1. The summed E-state index contributed by atoms with van der Waals surface area (Å²) in [7, 11) is 0. The molecule has 2 unspecified atom stereocenters. The molecular formula is C88H88O2. The summed E-state index contributed by atoms with van der Waals surface area (Å²) in [6.45, 7) is 11.8. The number of aryl methyl sites for hydroxylation is 1. The highest BCUT2D eigenvalue weighted by Gasteiger charge is 2.37. The quantitative estimate of drug-likeness (QED) is 0.0254. The molecule has 2 atom stereocenters. The lowest BCUT2D eigenvalue weighted by Gasteiger charge is -2.26. The number of rotatable bonds is 30. The lowest BCUT2D eigenvalue weighted by Crippen LogP contribution is -2.05. The van der Waals surface area contributed by atoms with Gasteiger partial charge >= 0.3 is 0 Å². The molecule has 0 saturated heterocycles. The van der Waals surface area contributed by atoms with Crippen LogP contribution in [0.15, 0.2) is 222 Å². The fraction of sp³-hybridized carbons (Fsp3) is 0.318. The minimum atomic E-state index is -0.0524. The maximum atomic E-state index is 6.55. The summed E-state index contributed by atoms with van der Waals surface area (Å²) in [5.74, 6) is 1.80. The average Bonchev–Trinajstić information content (AvgIpc) is 1.42. The van der Waals surface area contributed by atoms with Gasteiger partial charge in [0.05, 0.1) is 13.2 Å². The first-order chi connectivity index (χ1) is 44.6. The minimum Gasteiger partial charge on any atom is -0.494 e. The standard InChI is InChI=1S/C88H88O2/c1-5-9-13-17-21-23-25-29-37-65-43-47-67(48-44-65)81-75-41-33-31-39-73(75)77-59-61-79-84(70-53-57-72(58-54-70)90-64-36-28-20-16-12-8-4)88-80(83(87(79)85(77)81)69-51-55-71(56-52-69)89-63-35-27-19-15-11-7-3)62-60-78-74-40-32-34-42-76(74)82(86(78)88)68-49-45-66(46-50-68)38-30-26-24-22-18-14-10-6-2/h31-34,37,39-62,81-82H,1,6-8,10-12,14-16,18-20,22,24,26-28,30,35-36,38,63-64H2,2-4H3. The first kappa shape index (κ1) is 62.7. The minimum absolute atomic E-state index is 0.0179. The summed E-state index contributed by atoms with van der Waals surface area (Å²) < 4.78 is 13.1. The third-order valence-electron chi connectivity index (χ3n) is 18.7. The van der Waals surface area contributed by atoms with Crippen LogP contribution in [0.1, 0.15) is 206 Å². The number of benzene rings is 9. The van der Waals surface area contributed by atoms with Crippen LogP contribution in [0.2, 0.25) is 0 Å². The molecule has 0 amide bonds. The smallest absolute Gasteiger partial charge is 0.119 e. The van der Waals surface area contributed by atoms with Crippen LogP contribution in [0.4, 0.5) is 0 Å². The fourth-order valence-electron chi connectivity index (χ4n) is 14.2. The van der Waals surface area contributed by atoms with Gasteiger partial charge in [-0.2, -0.15) is 0 Å². The van der Waals surface area contributed by atoms with Gasteiger partial charge in [-0.1, -0.05) is 287 Å². The second kappa shape index (κ2) is 32.0. The van der Waals surface area contributed by atoms with Crippen LogP contribution in [0, 0.1) is 0 Å². The van der Waals surface area contributed by atoms with Crippen LogP contribution >= 0.6 is 0 Å². The van der Waals surface area contributed by atoms with E-state index >= 15 is 0 Å². The Bertz CT molecular complexity index is 4240. The zero-order chi connectivity index (χ0) is 61.7. The molecule has 11 rings (SSSR count). The van der Waals surface area contributed by atoms with E-state index in [4.69, 9.17) is 9.47 Å². The fourth-order valence-corrected chi connectivity index (χ4v) is 14.2. The van der Waals surface area contributed by atoms with Crippen LogP contribution in [0.3, 0.4) is 0 Å². The Labute approximate surface area is 537 Å². The maximum absolute atomic E-state index is 6.55. The lowest BCUT2D eigenvalue weighted by molar-refractivity contribution is 0.304. The molecule has 9 aromatic rings. The Morgan fingerprint density at radius 1 is 0.378 bits per heavy atom. The van der Waals surface area contributed by atoms with E-state index in [1.165, 1.54) is 221 Å². The summed E-state index contributed by atoms with van der Waals surface area (Å²) in [6.07, 6.45) is 28.4. The van der Waals surface area contributed by atoms with E-state index in [1.54, 1.807) is 0 Å². The lowest BCUT2D eigenvalue weighted by atomic mass is 9.77. The molecule has 0 spiro atoms. The number of unbranched alkanes of at least 4 members (excludes halogenated alkanes) is 17. The molecule has 0 bridgehead atoms. The molecule has 0 saturated carbocycles. The molecular weight excluding hydrogens is 1090 g/mol. The van der Waals surface area contributed by atoms with Crippen LogP contribution in [0.25, 0.3) is 72.1 Å². The van der Waals surface area contributed by atoms with Crippen molar-refractivity contribution in [3.05, 3.63) is 267 Å². The van der Waals surface area contributed by atoms with E-state index < -0.39 is 0 Å². The topological polar surface area (TPSA) is 18.5 Å². The molecule has 2 aliphatic rings. The monoisotopic (exact) mass is 1180 g/mol. The average molecular weight is 1180 g/mol. The Morgan fingerprint density at radius 3 is 1.26 bits per heavy atom. The van der Waals surface area contributed by atoms with Crippen molar-refractivity contribution in [3.63, 3.8) is 0 Å². The van der Waals surface area contributed by atoms with E-state index in [2.05, 4.69) is 243 Å². The van der Waals surface area contributed by atoms with E-state index in [0.29, 0.717) is 0 Å². The Balaban J connectivity index is 1.11. The van der Waals surface area contributed by atoms with Crippen molar-refractivity contribution < 1.29 is 9.47 Å². The largest absolute Gasteiger partial charge is 0.494 e. The highest BCUT2D eigenvalue weighted by molar-refractivity contribution is 6.26. The van der Waals surface area contributed by atoms with Gasteiger partial charge in [0.15, 0.2) is 0 Å². The second-order valence-electron chi connectivity index (χ2n) is 24.8. The van der Waals surface area contributed by atoms with Crippen molar-refractivity contribution in [1.82, 2.24) is 0 Å². The number of hydrogen-bond donors (Lipinski definition) is 0. The highest BCUT2D eigenvalue weighted by Crippen LogP contribution is 2.59. The molecule has 0 aliphatic heterocycles. The van der Waals surface area contributed by atoms with Crippen LogP contribution in [-0.2, 0) is 6.42 Å². The summed E-state index contributed by atoms with van der Waals surface area (Å²) >= 11 is 0. The third-order valence-corrected chi connectivity index (χ3v) is 18.7. The number of ether oxygens (including phenoxy) is 2. The summed E-state index contributed by atoms with van der Waals surface area (Å²) in [5, 5.41) is 5.08. The molecule has 0 aromatic heterocycles. The molecule has 0 heterocycles. The van der Waals surface area contributed by atoms with Gasteiger partial charge in [-0.25, -0.2) is 0 Å². The first-order valence-electron chi connectivity index (χ1n) is 34.1. The maximum Gasteiger partial charge on any atom is 0.119 e. The van der Waals surface area contributed by atoms with Crippen LogP contribution < -0.4 is 9.47 Å². The highest BCUT2D eigenvalue weighted by atomic mass is 16.5. The van der Waals surface area contributed by atoms with Crippen molar-refractivity contribution in [2.75, 3.05) is 13.2 Å². The summed E-state index contributed by atoms with van der Waals surface area (Å²) in [4.78, 5) is 0. The van der Waals surface area contributed by atoms with Gasteiger partial charge in [-0.15, -0.1) is 0 Å². The molecule has 90 heavy (non-hydrogen) atoms. The SMILES string of the molecule is C=C=C=C=C=C=C=C=C=Cc1ccc(C2c3ccccc3-c3ccc4c(-c5ccc(OCCCCCCCC)cc5)c5c6c(ccc5c(-c5ccc(OCCCCCCCC)cc5)c4c32)-c2ccccc2C6c2ccc(CCCCCCCCCC)cc2)cc1. The van der Waals surface area contributed by atoms with Crippen molar-refractivity contribution in [2.24, 2.45) is 0 Å². The Hall–Kier alpha value is -8.92. The van der Waals surface area contributed by atoms with Gasteiger partial charge in [0.1, 0.15) is 11.5 Å². The van der Waals surface area contributed by atoms with E-state index in [-0.39, 0.29) is 11.8 Å². The summed E-state index contributed by atoms with van der Waals surface area (Å²) in [5.41, 5.74) is 42.6.